The molecule has 1 atom stereocenters. The number of hydrogen-bond acceptors (Lipinski definition) is 2. The third-order valence-electron chi connectivity index (χ3n) is 3.60. The molecule has 0 saturated carbocycles. The van der Waals surface area contributed by atoms with Gasteiger partial charge in [0.15, 0.2) is 0 Å². The minimum atomic E-state index is 0.730. The van der Waals surface area contributed by atoms with Gasteiger partial charge >= 0.3 is 0 Å². The molecule has 1 N–H and O–H groups in total. The van der Waals surface area contributed by atoms with Crippen molar-refractivity contribution in [3.05, 3.63) is 32.7 Å². The van der Waals surface area contributed by atoms with E-state index in [2.05, 4.69) is 67.2 Å². The zero-order valence-electron chi connectivity index (χ0n) is 10.8. The van der Waals surface area contributed by atoms with Crippen LogP contribution in [0.3, 0.4) is 0 Å². The quantitative estimate of drug-likeness (QED) is 0.842. The molecule has 2 nitrogen and oxygen atoms in total. The first kappa shape index (κ1) is 14.5. The Labute approximate surface area is 126 Å². The first-order valence-corrected chi connectivity index (χ1v) is 8.18. The molecule has 0 aromatic heterocycles. The molecule has 0 aliphatic carbocycles. The Bertz CT molecular complexity index is 395. The Hall–Kier alpha value is 0.1000. The van der Waals surface area contributed by atoms with Crippen LogP contribution in [0.1, 0.15) is 25.3 Å². The molecular weight excluding hydrogens is 356 g/mol. The molecule has 1 aliphatic heterocycles. The molecule has 1 aromatic carbocycles. The number of likely N-dealkylation sites (tertiary alicyclic amines) is 1. The molecule has 0 spiro atoms. The average Bonchev–Trinajstić information content (AvgIpc) is 2.81. The first-order valence-electron chi connectivity index (χ1n) is 6.59. The van der Waals surface area contributed by atoms with E-state index in [1.807, 2.05) is 0 Å². The minimum absolute atomic E-state index is 0.730. The summed E-state index contributed by atoms with van der Waals surface area (Å²) >= 11 is 7.04. The molecule has 0 radical (unpaired) electrons. The second kappa shape index (κ2) is 7.04. The molecule has 2 rings (SSSR count). The summed E-state index contributed by atoms with van der Waals surface area (Å²) in [5.41, 5.74) is 1.33. The van der Waals surface area contributed by atoms with E-state index in [1.54, 1.807) is 0 Å². The summed E-state index contributed by atoms with van der Waals surface area (Å²) in [7, 11) is 0. The molecular formula is C14H20Br2N2. The molecule has 1 aliphatic rings. The molecule has 1 fully saturated rings. The molecule has 4 heteroatoms. The predicted molar refractivity (Wildman–Crippen MR) is 83.8 cm³/mol. The Morgan fingerprint density at radius 1 is 1.33 bits per heavy atom. The van der Waals surface area contributed by atoms with E-state index in [4.69, 9.17) is 0 Å². The Morgan fingerprint density at radius 2 is 2.17 bits per heavy atom. The van der Waals surface area contributed by atoms with Gasteiger partial charge < -0.3 is 5.32 Å². The topological polar surface area (TPSA) is 15.3 Å². The van der Waals surface area contributed by atoms with Gasteiger partial charge in [-0.25, -0.2) is 0 Å². The van der Waals surface area contributed by atoms with Crippen molar-refractivity contribution in [2.75, 3.05) is 19.6 Å². The lowest BCUT2D eigenvalue weighted by Gasteiger charge is -2.23. The van der Waals surface area contributed by atoms with E-state index >= 15 is 0 Å². The van der Waals surface area contributed by atoms with Crippen molar-refractivity contribution in [3.63, 3.8) is 0 Å². The Morgan fingerprint density at radius 3 is 2.89 bits per heavy atom. The van der Waals surface area contributed by atoms with Crippen LogP contribution in [0.5, 0.6) is 0 Å². The van der Waals surface area contributed by atoms with Gasteiger partial charge in [0, 0.05) is 28.1 Å². The van der Waals surface area contributed by atoms with Crippen LogP contribution in [0.25, 0.3) is 0 Å². The van der Waals surface area contributed by atoms with Crippen LogP contribution in [0.4, 0.5) is 0 Å². The zero-order chi connectivity index (χ0) is 13.0. The SMILES string of the molecule is CCN1CCCC1CNCc1ccc(Br)c(Br)c1. The highest BCUT2D eigenvalue weighted by Crippen LogP contribution is 2.23. The number of rotatable bonds is 5. The van der Waals surface area contributed by atoms with Gasteiger partial charge in [-0.1, -0.05) is 13.0 Å². The lowest BCUT2D eigenvalue weighted by atomic mass is 10.2. The summed E-state index contributed by atoms with van der Waals surface area (Å²) < 4.78 is 2.23. The number of benzene rings is 1. The van der Waals surface area contributed by atoms with Gasteiger partial charge in [0.25, 0.3) is 0 Å². The maximum absolute atomic E-state index is 3.58. The van der Waals surface area contributed by atoms with Gasteiger partial charge in [-0.05, 0) is 75.5 Å². The van der Waals surface area contributed by atoms with Crippen molar-refractivity contribution in [3.8, 4) is 0 Å². The van der Waals surface area contributed by atoms with E-state index in [9.17, 15) is 0 Å². The van der Waals surface area contributed by atoms with Crippen molar-refractivity contribution in [2.45, 2.75) is 32.4 Å². The van der Waals surface area contributed by atoms with Gasteiger partial charge in [-0.2, -0.15) is 0 Å². The first-order chi connectivity index (χ1) is 8.70. The maximum atomic E-state index is 3.58. The molecule has 1 aromatic rings. The summed E-state index contributed by atoms with van der Waals surface area (Å²) in [5.74, 6) is 0. The normalized spacial score (nSPS) is 20.5. The number of hydrogen-bond donors (Lipinski definition) is 1. The maximum Gasteiger partial charge on any atom is 0.0320 e. The van der Waals surface area contributed by atoms with E-state index in [0.29, 0.717) is 0 Å². The monoisotopic (exact) mass is 374 g/mol. The zero-order valence-corrected chi connectivity index (χ0v) is 13.9. The highest BCUT2D eigenvalue weighted by Gasteiger charge is 2.21. The van der Waals surface area contributed by atoms with E-state index < -0.39 is 0 Å². The Balaban J connectivity index is 1.79. The standard InChI is InChI=1S/C14H20Br2N2/c1-2-18-7-3-4-12(18)10-17-9-11-5-6-13(15)14(16)8-11/h5-6,8,12,17H,2-4,7,9-10H2,1H3. The lowest BCUT2D eigenvalue weighted by molar-refractivity contribution is 0.260. The van der Waals surface area contributed by atoms with Crippen LogP contribution < -0.4 is 5.32 Å². The largest absolute Gasteiger partial charge is 0.311 e. The fraction of sp³-hybridized carbons (Fsp3) is 0.571. The third kappa shape index (κ3) is 3.80. The molecule has 1 heterocycles. The fourth-order valence-electron chi connectivity index (χ4n) is 2.58. The lowest BCUT2D eigenvalue weighted by Crippen LogP contribution is -2.37. The summed E-state index contributed by atoms with van der Waals surface area (Å²) in [6, 6.07) is 7.15. The van der Waals surface area contributed by atoms with Crippen molar-refractivity contribution in [1.82, 2.24) is 10.2 Å². The summed E-state index contributed by atoms with van der Waals surface area (Å²) in [6.45, 7) is 6.74. The van der Waals surface area contributed by atoms with E-state index in [1.165, 1.54) is 31.5 Å². The van der Waals surface area contributed by atoms with Crippen LogP contribution in [0.2, 0.25) is 0 Å². The van der Waals surface area contributed by atoms with Crippen molar-refractivity contribution in [2.24, 2.45) is 0 Å². The van der Waals surface area contributed by atoms with Crippen LogP contribution in [-0.2, 0) is 6.54 Å². The smallest absolute Gasteiger partial charge is 0.0320 e. The highest BCUT2D eigenvalue weighted by molar-refractivity contribution is 9.13. The van der Waals surface area contributed by atoms with Crippen LogP contribution in [0, 0.1) is 0 Å². The Kier molecular flexibility index (Phi) is 5.67. The summed E-state index contributed by atoms with van der Waals surface area (Å²) in [5, 5.41) is 3.58. The fourth-order valence-corrected chi connectivity index (χ4v) is 3.25. The van der Waals surface area contributed by atoms with Crippen molar-refractivity contribution >= 4 is 31.9 Å². The number of halogens is 2. The predicted octanol–water partition coefficient (Wildman–Crippen LogP) is 3.79. The molecule has 0 amide bonds. The van der Waals surface area contributed by atoms with Gasteiger partial charge in [0.1, 0.15) is 0 Å². The van der Waals surface area contributed by atoms with Crippen LogP contribution in [-0.4, -0.2) is 30.6 Å². The van der Waals surface area contributed by atoms with Gasteiger partial charge in [-0.15, -0.1) is 0 Å². The third-order valence-corrected chi connectivity index (χ3v) is 5.48. The van der Waals surface area contributed by atoms with Crippen molar-refractivity contribution in [1.29, 1.82) is 0 Å². The van der Waals surface area contributed by atoms with E-state index in [0.717, 1.165) is 28.1 Å². The second-order valence-corrected chi connectivity index (χ2v) is 6.51. The molecule has 1 unspecified atom stereocenters. The molecule has 100 valence electrons. The molecule has 1 saturated heterocycles. The highest BCUT2D eigenvalue weighted by atomic mass is 79.9. The van der Waals surface area contributed by atoms with Crippen LogP contribution >= 0.6 is 31.9 Å². The van der Waals surface area contributed by atoms with Gasteiger partial charge in [0.2, 0.25) is 0 Å². The number of nitrogens with zero attached hydrogens (tertiary/aromatic N) is 1. The van der Waals surface area contributed by atoms with Crippen LogP contribution in [0.15, 0.2) is 27.1 Å². The van der Waals surface area contributed by atoms with Gasteiger partial charge in [-0.3, -0.25) is 4.90 Å². The summed E-state index contributed by atoms with van der Waals surface area (Å²) in [6.07, 6.45) is 2.69. The number of likely N-dealkylation sites (N-methyl/N-ethyl adjacent to an activating group) is 1. The minimum Gasteiger partial charge on any atom is -0.311 e. The second-order valence-electron chi connectivity index (χ2n) is 4.80. The van der Waals surface area contributed by atoms with E-state index in [-0.39, 0.29) is 0 Å². The van der Waals surface area contributed by atoms with Crippen molar-refractivity contribution < 1.29 is 0 Å². The summed E-state index contributed by atoms with van der Waals surface area (Å²) in [4.78, 5) is 2.57. The average molecular weight is 376 g/mol. The molecule has 18 heavy (non-hydrogen) atoms. The number of nitrogens with one attached hydrogen (secondary N) is 1. The van der Waals surface area contributed by atoms with Gasteiger partial charge in [0.05, 0.1) is 0 Å². The molecule has 0 bridgehead atoms.